The van der Waals surface area contributed by atoms with Crippen LogP contribution in [0.3, 0.4) is 0 Å². The van der Waals surface area contributed by atoms with Gasteiger partial charge in [0.25, 0.3) is 5.91 Å². The molecule has 2 aliphatic heterocycles. The Balaban J connectivity index is 1.28. The topological polar surface area (TPSA) is 134 Å². The van der Waals surface area contributed by atoms with E-state index in [9.17, 15) is 4.79 Å². The minimum Gasteiger partial charge on any atom is -0.356 e. The van der Waals surface area contributed by atoms with E-state index in [-0.39, 0.29) is 11.9 Å². The molecule has 1 aromatic carbocycles. The van der Waals surface area contributed by atoms with Crippen molar-refractivity contribution in [2.45, 2.75) is 46.1 Å². The van der Waals surface area contributed by atoms with E-state index in [4.69, 9.17) is 0 Å². The highest BCUT2D eigenvalue weighted by Gasteiger charge is 2.32. The summed E-state index contributed by atoms with van der Waals surface area (Å²) in [5, 5.41) is 23.5. The number of aromatic nitrogens is 8. The van der Waals surface area contributed by atoms with Crippen LogP contribution >= 0.6 is 0 Å². The Morgan fingerprint density at radius 3 is 2.95 bits per heavy atom. The molecule has 0 unspecified atom stereocenters. The molecule has 196 valence electrons. The number of nitrogens with zero attached hydrogens (tertiary/aromatic N) is 9. The molecule has 4 aromatic rings. The fraction of sp³-hybridized carbons (Fsp3) is 0.423. The van der Waals surface area contributed by atoms with Crippen LogP contribution in [0.4, 0.5) is 17.5 Å². The van der Waals surface area contributed by atoms with E-state index in [2.05, 4.69) is 52.8 Å². The van der Waals surface area contributed by atoms with Crippen LogP contribution in [0.2, 0.25) is 0 Å². The molecule has 0 saturated carbocycles. The molecule has 2 atom stereocenters. The molecule has 0 aliphatic carbocycles. The van der Waals surface area contributed by atoms with Crippen LogP contribution in [-0.4, -0.2) is 66.4 Å². The molecule has 1 fully saturated rings. The van der Waals surface area contributed by atoms with Crippen molar-refractivity contribution < 1.29 is 4.79 Å². The lowest BCUT2D eigenvalue weighted by atomic mass is 9.96. The summed E-state index contributed by atoms with van der Waals surface area (Å²) in [6.45, 7) is 8.08. The van der Waals surface area contributed by atoms with Crippen LogP contribution < -0.4 is 15.1 Å². The van der Waals surface area contributed by atoms with Gasteiger partial charge in [0, 0.05) is 43.0 Å². The Bertz CT molecular complexity index is 1540. The van der Waals surface area contributed by atoms with Crippen molar-refractivity contribution in [2.75, 3.05) is 35.3 Å². The number of anilines is 3. The van der Waals surface area contributed by atoms with E-state index in [1.165, 1.54) is 19.3 Å². The second kappa shape index (κ2) is 9.51. The predicted molar refractivity (Wildman–Crippen MR) is 145 cm³/mol. The SMILES string of the molecule is CC[C@@H]1CCCN(c2cc(-c3n[nH]c4ccc(NC(=O)C5=C(C)N(C)c6nnnn6[C@@H]5C)cc34)ncn2)C1. The summed E-state index contributed by atoms with van der Waals surface area (Å²) in [6.07, 6.45) is 5.22. The Morgan fingerprint density at radius 2 is 2.11 bits per heavy atom. The first kappa shape index (κ1) is 24.0. The monoisotopic (exact) mass is 513 g/mol. The predicted octanol–water partition coefficient (Wildman–Crippen LogP) is 3.56. The number of tetrazole rings is 1. The third-order valence-electron chi connectivity index (χ3n) is 7.83. The Hall–Kier alpha value is -4.35. The smallest absolute Gasteiger partial charge is 0.255 e. The van der Waals surface area contributed by atoms with Gasteiger partial charge in [0.1, 0.15) is 17.8 Å². The zero-order valence-corrected chi connectivity index (χ0v) is 22.0. The number of hydrogen-bond acceptors (Lipinski definition) is 9. The molecule has 0 spiro atoms. The van der Waals surface area contributed by atoms with Gasteiger partial charge in [-0.1, -0.05) is 18.4 Å². The summed E-state index contributed by atoms with van der Waals surface area (Å²) in [5.41, 5.74) is 4.41. The molecular weight excluding hydrogens is 482 g/mol. The van der Waals surface area contributed by atoms with Crippen molar-refractivity contribution in [1.29, 1.82) is 0 Å². The van der Waals surface area contributed by atoms with Crippen LogP contribution in [-0.2, 0) is 4.79 Å². The molecule has 3 aromatic heterocycles. The molecule has 2 aliphatic rings. The molecule has 1 saturated heterocycles. The molecule has 38 heavy (non-hydrogen) atoms. The lowest BCUT2D eigenvalue weighted by molar-refractivity contribution is -0.113. The van der Waals surface area contributed by atoms with Crippen molar-refractivity contribution in [3.05, 3.63) is 41.9 Å². The summed E-state index contributed by atoms with van der Waals surface area (Å²) in [6, 6.07) is 7.41. The average molecular weight is 514 g/mol. The van der Waals surface area contributed by atoms with Crippen LogP contribution in [0.1, 0.15) is 46.1 Å². The molecule has 1 amide bonds. The van der Waals surface area contributed by atoms with Crippen LogP contribution in [0.5, 0.6) is 0 Å². The normalized spacial score (nSPS) is 19.7. The number of allylic oxidation sites excluding steroid dienone is 1. The number of carbonyl (C=O) groups is 1. The van der Waals surface area contributed by atoms with E-state index < -0.39 is 0 Å². The lowest BCUT2D eigenvalue weighted by Crippen LogP contribution is -2.35. The number of aromatic amines is 1. The summed E-state index contributed by atoms with van der Waals surface area (Å²) < 4.78 is 1.65. The summed E-state index contributed by atoms with van der Waals surface area (Å²) in [5.74, 6) is 2.02. The molecule has 6 rings (SSSR count). The van der Waals surface area contributed by atoms with Crippen molar-refractivity contribution in [1.82, 2.24) is 40.4 Å². The number of piperidine rings is 1. The third-order valence-corrected chi connectivity index (χ3v) is 7.83. The molecular formula is C26H31N11O. The third kappa shape index (κ3) is 4.05. The number of rotatable bonds is 5. The zero-order valence-electron chi connectivity index (χ0n) is 22.0. The minimum atomic E-state index is -0.300. The second-order valence-electron chi connectivity index (χ2n) is 10.1. The first-order valence-electron chi connectivity index (χ1n) is 13.0. The quantitative estimate of drug-likeness (QED) is 0.411. The van der Waals surface area contributed by atoms with Crippen molar-refractivity contribution >= 4 is 34.3 Å². The zero-order chi connectivity index (χ0) is 26.4. The van der Waals surface area contributed by atoms with Gasteiger partial charge >= 0.3 is 0 Å². The van der Waals surface area contributed by atoms with Crippen molar-refractivity contribution in [3.8, 4) is 11.4 Å². The highest BCUT2D eigenvalue weighted by molar-refractivity contribution is 6.07. The Kier molecular flexibility index (Phi) is 6.01. The largest absolute Gasteiger partial charge is 0.356 e. The number of hydrogen-bond donors (Lipinski definition) is 2. The van der Waals surface area contributed by atoms with Crippen LogP contribution in [0, 0.1) is 5.92 Å². The van der Waals surface area contributed by atoms with E-state index >= 15 is 0 Å². The van der Waals surface area contributed by atoms with Crippen LogP contribution in [0.15, 0.2) is 41.9 Å². The first-order chi connectivity index (χ1) is 18.4. The fourth-order valence-electron chi connectivity index (χ4n) is 5.51. The summed E-state index contributed by atoms with van der Waals surface area (Å²) in [4.78, 5) is 26.7. The lowest BCUT2D eigenvalue weighted by Gasteiger charge is -2.33. The highest BCUT2D eigenvalue weighted by atomic mass is 16.1. The van der Waals surface area contributed by atoms with Gasteiger partial charge in [-0.05, 0) is 61.2 Å². The van der Waals surface area contributed by atoms with Crippen molar-refractivity contribution in [2.24, 2.45) is 5.92 Å². The van der Waals surface area contributed by atoms with E-state index in [0.717, 1.165) is 46.9 Å². The average Bonchev–Trinajstić information content (AvgIpc) is 3.60. The van der Waals surface area contributed by atoms with Gasteiger partial charge in [0.05, 0.1) is 22.8 Å². The van der Waals surface area contributed by atoms with Gasteiger partial charge in [-0.2, -0.15) is 5.10 Å². The molecule has 2 N–H and O–H groups in total. The fourth-order valence-corrected chi connectivity index (χ4v) is 5.51. The van der Waals surface area contributed by atoms with Gasteiger partial charge in [0.15, 0.2) is 0 Å². The number of H-pyrrole nitrogens is 1. The Morgan fingerprint density at radius 1 is 1.24 bits per heavy atom. The number of fused-ring (bicyclic) bond motifs is 2. The standard InChI is InChI=1S/C26H31N11O/c1-5-17-7-6-10-36(13-17)22-12-21(27-14-28-22)24-19-11-18(8-9-20(19)30-31-24)29-25(38)23-15(2)35(4)26-32-33-34-37(26)16(23)3/h8-9,11-12,14,16-17H,5-7,10,13H2,1-4H3,(H,29,38)(H,30,31)/t16-,17-/m1/s1. The maximum Gasteiger partial charge on any atom is 0.255 e. The van der Waals surface area contributed by atoms with Gasteiger partial charge in [-0.15, -0.1) is 0 Å². The minimum absolute atomic E-state index is 0.202. The van der Waals surface area contributed by atoms with Gasteiger partial charge in [-0.25, -0.2) is 14.6 Å². The van der Waals surface area contributed by atoms with Gasteiger partial charge in [-0.3, -0.25) is 9.89 Å². The number of carbonyl (C=O) groups excluding carboxylic acids is 1. The number of nitrogens with one attached hydrogen (secondary N) is 2. The van der Waals surface area contributed by atoms with Crippen molar-refractivity contribution in [3.63, 3.8) is 0 Å². The molecule has 12 heteroatoms. The maximum atomic E-state index is 13.4. The van der Waals surface area contributed by atoms with Gasteiger partial charge < -0.3 is 15.1 Å². The number of benzene rings is 1. The van der Waals surface area contributed by atoms with E-state index in [1.54, 1.807) is 11.0 Å². The molecule has 0 bridgehead atoms. The molecule has 0 radical (unpaired) electrons. The second-order valence-corrected chi connectivity index (χ2v) is 10.1. The van der Waals surface area contributed by atoms with Crippen LogP contribution in [0.25, 0.3) is 22.3 Å². The van der Waals surface area contributed by atoms with E-state index in [1.807, 2.05) is 50.1 Å². The molecule has 12 nitrogen and oxygen atoms in total. The summed E-state index contributed by atoms with van der Waals surface area (Å²) in [7, 11) is 1.85. The van der Waals surface area contributed by atoms with E-state index in [0.29, 0.717) is 23.1 Å². The Labute approximate surface area is 220 Å². The van der Waals surface area contributed by atoms with Gasteiger partial charge in [0.2, 0.25) is 5.95 Å². The number of amides is 1. The maximum absolute atomic E-state index is 13.4. The highest BCUT2D eigenvalue weighted by Crippen LogP contribution is 2.34. The first-order valence-corrected chi connectivity index (χ1v) is 13.0. The molecule has 5 heterocycles. The summed E-state index contributed by atoms with van der Waals surface area (Å²) >= 11 is 0.